The third-order valence-electron chi connectivity index (χ3n) is 3.75. The van der Waals surface area contributed by atoms with Gasteiger partial charge in [0.15, 0.2) is 6.61 Å². The number of amides is 2. The van der Waals surface area contributed by atoms with Crippen LogP contribution in [-0.4, -0.2) is 56.5 Å². The Bertz CT molecular complexity index is 772. The maximum absolute atomic E-state index is 12.6. The van der Waals surface area contributed by atoms with Crippen molar-refractivity contribution in [1.29, 1.82) is 0 Å². The van der Waals surface area contributed by atoms with Crippen molar-refractivity contribution in [2.45, 2.75) is 19.9 Å². The van der Waals surface area contributed by atoms with Gasteiger partial charge in [-0.3, -0.25) is 9.59 Å². The van der Waals surface area contributed by atoms with Crippen LogP contribution in [0, 0.1) is 0 Å². The summed E-state index contributed by atoms with van der Waals surface area (Å²) in [7, 11) is 3.90. The second-order valence-corrected chi connectivity index (χ2v) is 6.77. The molecule has 2 amide bonds. The second-order valence-electron chi connectivity index (χ2n) is 6.77. The number of fused-ring (bicyclic) bond motifs is 1. The first-order chi connectivity index (χ1) is 12.4. The number of ether oxygens (including phenoxy) is 1. The van der Waals surface area contributed by atoms with Crippen molar-refractivity contribution in [3.8, 4) is 5.75 Å². The molecule has 0 saturated carbocycles. The molecule has 2 rings (SSSR count). The minimum Gasteiger partial charge on any atom is -0.483 e. The van der Waals surface area contributed by atoms with E-state index in [9.17, 15) is 9.59 Å². The van der Waals surface area contributed by atoms with Crippen LogP contribution in [0.3, 0.4) is 0 Å². The number of benzene rings is 2. The van der Waals surface area contributed by atoms with Gasteiger partial charge in [0, 0.05) is 19.1 Å². The molecule has 0 atom stereocenters. The number of likely N-dealkylation sites (N-methyl/N-ethyl adjacent to an activating group) is 1. The van der Waals surface area contributed by atoms with Crippen molar-refractivity contribution < 1.29 is 14.3 Å². The highest BCUT2D eigenvalue weighted by Gasteiger charge is 2.15. The Hall–Kier alpha value is -2.60. The van der Waals surface area contributed by atoms with E-state index in [1.807, 2.05) is 57.1 Å². The van der Waals surface area contributed by atoms with Crippen molar-refractivity contribution in [3.63, 3.8) is 0 Å². The zero-order valence-electron chi connectivity index (χ0n) is 15.8. The number of carbonyl (C=O) groups is 2. The van der Waals surface area contributed by atoms with E-state index in [-0.39, 0.29) is 24.5 Å². The average molecular weight is 357 g/mol. The van der Waals surface area contributed by atoms with E-state index in [0.29, 0.717) is 17.9 Å². The van der Waals surface area contributed by atoms with Crippen LogP contribution in [0.1, 0.15) is 24.2 Å². The highest BCUT2D eigenvalue weighted by molar-refractivity contribution is 6.01. The van der Waals surface area contributed by atoms with Crippen LogP contribution in [0.15, 0.2) is 36.4 Å². The molecule has 2 aromatic rings. The molecule has 140 valence electrons. The summed E-state index contributed by atoms with van der Waals surface area (Å²) in [5.74, 6) is -0.0195. The Morgan fingerprint density at radius 1 is 1.12 bits per heavy atom. The van der Waals surface area contributed by atoms with Gasteiger partial charge in [-0.2, -0.15) is 0 Å². The summed E-state index contributed by atoms with van der Waals surface area (Å²) in [6, 6.07) is 11.4. The normalized spacial score (nSPS) is 11.0. The van der Waals surface area contributed by atoms with E-state index in [0.717, 1.165) is 17.3 Å². The molecule has 0 aliphatic carbocycles. The molecule has 0 fully saturated rings. The molecule has 0 saturated heterocycles. The van der Waals surface area contributed by atoms with Gasteiger partial charge in [-0.1, -0.05) is 24.3 Å². The van der Waals surface area contributed by atoms with Crippen LogP contribution in [0.5, 0.6) is 5.75 Å². The number of nitrogens with one attached hydrogen (secondary N) is 2. The predicted octanol–water partition coefficient (Wildman–Crippen LogP) is 2.03. The van der Waals surface area contributed by atoms with Crippen molar-refractivity contribution in [2.75, 3.05) is 33.8 Å². The summed E-state index contributed by atoms with van der Waals surface area (Å²) >= 11 is 0. The summed E-state index contributed by atoms with van der Waals surface area (Å²) in [4.78, 5) is 26.5. The molecule has 0 unspecified atom stereocenters. The third-order valence-corrected chi connectivity index (χ3v) is 3.75. The van der Waals surface area contributed by atoms with Gasteiger partial charge >= 0.3 is 0 Å². The van der Waals surface area contributed by atoms with E-state index in [2.05, 4.69) is 10.6 Å². The molecule has 0 aliphatic rings. The summed E-state index contributed by atoms with van der Waals surface area (Å²) in [5.41, 5.74) is 0.430. The van der Waals surface area contributed by atoms with Crippen molar-refractivity contribution >= 4 is 22.6 Å². The van der Waals surface area contributed by atoms with Crippen molar-refractivity contribution in [2.24, 2.45) is 0 Å². The first kappa shape index (κ1) is 19.7. The van der Waals surface area contributed by atoms with Gasteiger partial charge in [0.2, 0.25) is 0 Å². The highest BCUT2D eigenvalue weighted by atomic mass is 16.5. The van der Waals surface area contributed by atoms with E-state index >= 15 is 0 Å². The Morgan fingerprint density at radius 2 is 1.77 bits per heavy atom. The standard InChI is InChI=1S/C20H27N3O3/c1-14(2)22-19(24)13-26-18-12-16-8-6-5-7-15(16)11-17(18)20(25)21-9-10-23(3)4/h5-8,11-12,14H,9-10,13H2,1-4H3,(H,21,25)(H,22,24). The molecule has 2 N–H and O–H groups in total. The highest BCUT2D eigenvalue weighted by Crippen LogP contribution is 2.26. The predicted molar refractivity (Wildman–Crippen MR) is 104 cm³/mol. The molecule has 0 spiro atoms. The molecule has 0 bridgehead atoms. The maximum atomic E-state index is 12.6. The van der Waals surface area contributed by atoms with Crippen LogP contribution in [0.2, 0.25) is 0 Å². The SMILES string of the molecule is CC(C)NC(=O)COc1cc2ccccc2cc1C(=O)NCCN(C)C. The van der Waals surface area contributed by atoms with E-state index < -0.39 is 0 Å². The number of hydrogen-bond donors (Lipinski definition) is 2. The van der Waals surface area contributed by atoms with Gasteiger partial charge < -0.3 is 20.3 Å². The lowest BCUT2D eigenvalue weighted by Crippen LogP contribution is -2.34. The van der Waals surface area contributed by atoms with Gasteiger partial charge in [0.1, 0.15) is 5.75 Å². The van der Waals surface area contributed by atoms with Crippen LogP contribution < -0.4 is 15.4 Å². The Balaban J connectivity index is 2.21. The van der Waals surface area contributed by atoms with Crippen LogP contribution in [0.4, 0.5) is 0 Å². The van der Waals surface area contributed by atoms with Crippen LogP contribution in [-0.2, 0) is 4.79 Å². The molecular weight excluding hydrogens is 330 g/mol. The zero-order chi connectivity index (χ0) is 19.1. The average Bonchev–Trinajstić information content (AvgIpc) is 2.58. The van der Waals surface area contributed by atoms with Gasteiger partial charge in [0.05, 0.1) is 5.56 Å². The van der Waals surface area contributed by atoms with Gasteiger partial charge in [0.25, 0.3) is 11.8 Å². The smallest absolute Gasteiger partial charge is 0.258 e. The minimum absolute atomic E-state index is 0.0384. The van der Waals surface area contributed by atoms with Gasteiger partial charge in [-0.15, -0.1) is 0 Å². The molecule has 0 heterocycles. The fourth-order valence-electron chi connectivity index (χ4n) is 2.51. The molecule has 0 radical (unpaired) electrons. The fourth-order valence-corrected chi connectivity index (χ4v) is 2.51. The maximum Gasteiger partial charge on any atom is 0.258 e. The quantitative estimate of drug-likeness (QED) is 0.758. The van der Waals surface area contributed by atoms with Crippen molar-refractivity contribution in [1.82, 2.24) is 15.5 Å². The first-order valence-corrected chi connectivity index (χ1v) is 8.74. The summed E-state index contributed by atoms with van der Waals surface area (Å²) in [5, 5.41) is 7.57. The largest absolute Gasteiger partial charge is 0.483 e. The Labute approximate surface area is 154 Å². The molecule has 0 aliphatic heterocycles. The van der Waals surface area contributed by atoms with Crippen LogP contribution in [0.25, 0.3) is 10.8 Å². The fraction of sp³-hybridized carbons (Fsp3) is 0.400. The first-order valence-electron chi connectivity index (χ1n) is 8.74. The number of hydrogen-bond acceptors (Lipinski definition) is 4. The molecule has 6 heteroatoms. The molecular formula is C20H27N3O3. The Kier molecular flexibility index (Phi) is 6.97. The molecule has 0 aromatic heterocycles. The Morgan fingerprint density at radius 3 is 2.38 bits per heavy atom. The topological polar surface area (TPSA) is 70.7 Å². The summed E-state index contributed by atoms with van der Waals surface area (Å²) in [6.07, 6.45) is 0. The van der Waals surface area contributed by atoms with Crippen molar-refractivity contribution in [3.05, 3.63) is 42.0 Å². The summed E-state index contributed by atoms with van der Waals surface area (Å²) < 4.78 is 5.67. The number of nitrogens with zero attached hydrogens (tertiary/aromatic N) is 1. The van der Waals surface area contributed by atoms with Crippen LogP contribution >= 0.6 is 0 Å². The van der Waals surface area contributed by atoms with Gasteiger partial charge in [-0.25, -0.2) is 0 Å². The monoisotopic (exact) mass is 357 g/mol. The lowest BCUT2D eigenvalue weighted by Gasteiger charge is -2.15. The van der Waals surface area contributed by atoms with E-state index in [1.54, 1.807) is 12.1 Å². The lowest BCUT2D eigenvalue weighted by molar-refractivity contribution is -0.123. The summed E-state index contributed by atoms with van der Waals surface area (Å²) in [6.45, 7) is 4.92. The molecule has 6 nitrogen and oxygen atoms in total. The van der Waals surface area contributed by atoms with E-state index in [1.165, 1.54) is 0 Å². The lowest BCUT2D eigenvalue weighted by atomic mass is 10.1. The second kappa shape index (κ2) is 9.20. The minimum atomic E-state index is -0.216. The molecule has 26 heavy (non-hydrogen) atoms. The number of carbonyl (C=O) groups excluding carboxylic acids is 2. The number of rotatable bonds is 8. The zero-order valence-corrected chi connectivity index (χ0v) is 15.8. The van der Waals surface area contributed by atoms with Gasteiger partial charge in [-0.05, 0) is 50.8 Å². The molecule has 2 aromatic carbocycles. The van der Waals surface area contributed by atoms with E-state index in [4.69, 9.17) is 4.74 Å². The third kappa shape index (κ3) is 5.74.